The molecule has 1 N–H and O–H groups in total. The van der Waals surface area contributed by atoms with Crippen molar-refractivity contribution in [2.24, 2.45) is 23.2 Å². The molecule has 0 aromatic heterocycles. The zero-order valence-corrected chi connectivity index (χ0v) is 12.8. The van der Waals surface area contributed by atoms with E-state index < -0.39 is 0 Å². The Kier molecular flexibility index (Phi) is 5.12. The summed E-state index contributed by atoms with van der Waals surface area (Å²) in [6.07, 6.45) is 11.7. The fraction of sp³-hybridized carbons (Fsp3) is 1.00. The Hall–Kier alpha value is -0.0400. The first-order valence-electron chi connectivity index (χ1n) is 8.43. The van der Waals surface area contributed by atoms with Gasteiger partial charge in [-0.1, -0.05) is 27.2 Å². The van der Waals surface area contributed by atoms with Crippen molar-refractivity contribution in [3.63, 3.8) is 0 Å². The molecular weight excluding hydrogens is 218 g/mol. The summed E-state index contributed by atoms with van der Waals surface area (Å²) in [7, 11) is 0. The second-order valence-electron chi connectivity index (χ2n) is 7.02. The molecule has 0 radical (unpaired) electrons. The maximum absolute atomic E-state index is 3.70. The average Bonchev–Trinajstić information content (AvgIpc) is 3.00. The smallest absolute Gasteiger partial charge is 0.000770 e. The zero-order chi connectivity index (χ0) is 13.0. The van der Waals surface area contributed by atoms with Crippen LogP contribution in [0.2, 0.25) is 0 Å². The van der Waals surface area contributed by atoms with Crippen LogP contribution in [0, 0.1) is 23.2 Å². The lowest BCUT2D eigenvalue weighted by molar-refractivity contribution is 0.154. The molecule has 3 atom stereocenters. The highest BCUT2D eigenvalue weighted by Gasteiger charge is 2.42. The van der Waals surface area contributed by atoms with Crippen molar-refractivity contribution in [1.82, 2.24) is 5.32 Å². The van der Waals surface area contributed by atoms with Crippen molar-refractivity contribution < 1.29 is 0 Å². The normalized spacial score (nSPS) is 31.2. The van der Waals surface area contributed by atoms with Gasteiger partial charge in [-0.25, -0.2) is 0 Å². The monoisotopic (exact) mass is 251 g/mol. The van der Waals surface area contributed by atoms with Gasteiger partial charge in [-0.15, -0.1) is 0 Å². The maximum Gasteiger partial charge on any atom is 0.000770 e. The van der Waals surface area contributed by atoms with Gasteiger partial charge in [-0.2, -0.15) is 0 Å². The van der Waals surface area contributed by atoms with E-state index in [1.165, 1.54) is 38.8 Å². The van der Waals surface area contributed by atoms with E-state index in [4.69, 9.17) is 0 Å². The van der Waals surface area contributed by atoms with Crippen LogP contribution in [0.3, 0.4) is 0 Å². The Labute approximate surface area is 114 Å². The lowest BCUT2D eigenvalue weighted by atomic mass is 9.71. The molecule has 1 heteroatoms. The van der Waals surface area contributed by atoms with Crippen molar-refractivity contribution in [2.75, 3.05) is 13.1 Å². The van der Waals surface area contributed by atoms with Crippen molar-refractivity contribution in [3.8, 4) is 0 Å². The molecule has 18 heavy (non-hydrogen) atoms. The summed E-state index contributed by atoms with van der Waals surface area (Å²) in [5.41, 5.74) is 0.588. The van der Waals surface area contributed by atoms with Crippen LogP contribution < -0.4 is 5.32 Å². The molecule has 106 valence electrons. The van der Waals surface area contributed by atoms with E-state index in [1.54, 1.807) is 25.7 Å². The quantitative estimate of drug-likeness (QED) is 0.621. The number of fused-ring (bicyclic) bond motifs is 2. The molecule has 0 aromatic rings. The maximum atomic E-state index is 3.70. The first kappa shape index (κ1) is 14.4. The average molecular weight is 251 g/mol. The topological polar surface area (TPSA) is 12.0 Å². The summed E-state index contributed by atoms with van der Waals surface area (Å²) < 4.78 is 0. The molecular formula is C17H33N. The van der Waals surface area contributed by atoms with Gasteiger partial charge in [0.2, 0.25) is 0 Å². The van der Waals surface area contributed by atoms with E-state index in [0.717, 1.165) is 17.8 Å². The molecule has 2 fully saturated rings. The highest BCUT2D eigenvalue weighted by atomic mass is 14.9. The highest BCUT2D eigenvalue weighted by molar-refractivity contribution is 4.94. The van der Waals surface area contributed by atoms with Gasteiger partial charge >= 0.3 is 0 Å². The Balaban J connectivity index is 1.88. The molecule has 2 saturated carbocycles. The van der Waals surface area contributed by atoms with E-state index in [1.807, 2.05) is 0 Å². The molecule has 0 saturated heterocycles. The van der Waals surface area contributed by atoms with Crippen LogP contribution in [-0.4, -0.2) is 13.1 Å². The van der Waals surface area contributed by atoms with Crippen LogP contribution in [0.4, 0.5) is 0 Å². The van der Waals surface area contributed by atoms with Gasteiger partial charge in [0.25, 0.3) is 0 Å². The van der Waals surface area contributed by atoms with Gasteiger partial charge in [-0.05, 0) is 74.7 Å². The minimum absolute atomic E-state index is 0.588. The highest BCUT2D eigenvalue weighted by Crippen LogP contribution is 2.52. The van der Waals surface area contributed by atoms with Crippen LogP contribution in [0.25, 0.3) is 0 Å². The first-order valence-corrected chi connectivity index (χ1v) is 8.43. The molecule has 2 aliphatic carbocycles. The van der Waals surface area contributed by atoms with Crippen molar-refractivity contribution in [2.45, 2.75) is 72.1 Å². The van der Waals surface area contributed by atoms with Gasteiger partial charge in [0.05, 0.1) is 0 Å². The molecule has 2 aliphatic rings. The number of hydrogen-bond donors (Lipinski definition) is 1. The molecule has 2 bridgehead atoms. The molecule has 3 unspecified atom stereocenters. The second kappa shape index (κ2) is 6.41. The third-order valence-electron chi connectivity index (χ3n) is 6.01. The van der Waals surface area contributed by atoms with Crippen molar-refractivity contribution in [3.05, 3.63) is 0 Å². The van der Waals surface area contributed by atoms with Crippen LogP contribution in [-0.2, 0) is 0 Å². The summed E-state index contributed by atoms with van der Waals surface area (Å²) in [5, 5.41) is 3.70. The van der Waals surface area contributed by atoms with Gasteiger partial charge in [0, 0.05) is 6.54 Å². The predicted octanol–water partition coefficient (Wildman–Crippen LogP) is 4.62. The molecule has 0 spiro atoms. The third-order valence-corrected chi connectivity index (χ3v) is 6.01. The van der Waals surface area contributed by atoms with E-state index in [-0.39, 0.29) is 0 Å². The lowest BCUT2D eigenvalue weighted by Crippen LogP contribution is -2.36. The van der Waals surface area contributed by atoms with Gasteiger partial charge in [0.1, 0.15) is 0 Å². The van der Waals surface area contributed by atoms with Crippen LogP contribution in [0.15, 0.2) is 0 Å². The molecule has 1 nitrogen and oxygen atoms in total. The summed E-state index contributed by atoms with van der Waals surface area (Å²) in [5.74, 6) is 3.26. The van der Waals surface area contributed by atoms with E-state index in [9.17, 15) is 0 Å². The van der Waals surface area contributed by atoms with Gasteiger partial charge in [0.15, 0.2) is 0 Å². The molecule has 2 rings (SSSR count). The van der Waals surface area contributed by atoms with E-state index in [2.05, 4.69) is 26.1 Å². The summed E-state index contributed by atoms with van der Waals surface area (Å²) in [6, 6.07) is 0. The Morgan fingerprint density at radius 2 is 1.83 bits per heavy atom. The Morgan fingerprint density at radius 3 is 2.33 bits per heavy atom. The third kappa shape index (κ3) is 3.10. The Morgan fingerprint density at radius 1 is 1.06 bits per heavy atom. The van der Waals surface area contributed by atoms with Crippen LogP contribution in [0.1, 0.15) is 72.1 Å². The van der Waals surface area contributed by atoms with Crippen LogP contribution in [0.5, 0.6) is 0 Å². The largest absolute Gasteiger partial charge is 0.316 e. The minimum atomic E-state index is 0.588. The standard InChI is InChI=1S/C17H33N/c1-4-9-18-13-17(5-2,6-3)12-16-11-14-7-8-15(16)10-14/h14-16,18H,4-13H2,1-3H3. The number of rotatable bonds is 8. The summed E-state index contributed by atoms with van der Waals surface area (Å²) >= 11 is 0. The molecule has 0 heterocycles. The summed E-state index contributed by atoms with van der Waals surface area (Å²) in [6.45, 7) is 9.53. The summed E-state index contributed by atoms with van der Waals surface area (Å²) in [4.78, 5) is 0. The zero-order valence-electron chi connectivity index (χ0n) is 12.8. The predicted molar refractivity (Wildman–Crippen MR) is 79.7 cm³/mol. The van der Waals surface area contributed by atoms with E-state index >= 15 is 0 Å². The SMILES string of the molecule is CCCNCC(CC)(CC)CC1CC2CCC1C2. The van der Waals surface area contributed by atoms with Crippen LogP contribution >= 0.6 is 0 Å². The Bertz CT molecular complexity index is 244. The molecule has 0 aliphatic heterocycles. The second-order valence-corrected chi connectivity index (χ2v) is 7.02. The molecule has 0 amide bonds. The van der Waals surface area contributed by atoms with Gasteiger partial charge < -0.3 is 5.32 Å². The number of nitrogens with one attached hydrogen (secondary N) is 1. The lowest BCUT2D eigenvalue weighted by Gasteiger charge is -2.37. The van der Waals surface area contributed by atoms with Crippen molar-refractivity contribution >= 4 is 0 Å². The first-order chi connectivity index (χ1) is 8.73. The molecule has 0 aromatic carbocycles. The fourth-order valence-corrected chi connectivity index (χ4v) is 4.57. The van der Waals surface area contributed by atoms with E-state index in [0.29, 0.717) is 5.41 Å². The fourth-order valence-electron chi connectivity index (χ4n) is 4.57. The van der Waals surface area contributed by atoms with Gasteiger partial charge in [-0.3, -0.25) is 0 Å². The number of hydrogen-bond acceptors (Lipinski definition) is 1. The van der Waals surface area contributed by atoms with Crippen molar-refractivity contribution in [1.29, 1.82) is 0 Å². The minimum Gasteiger partial charge on any atom is -0.316 e.